The fraction of sp³-hybridized carbons (Fsp3) is 0.333. The van der Waals surface area contributed by atoms with E-state index in [0.29, 0.717) is 16.1 Å². The van der Waals surface area contributed by atoms with Crippen LogP contribution in [0.1, 0.15) is 22.6 Å². The highest BCUT2D eigenvalue weighted by molar-refractivity contribution is 7.86. The molecule has 0 saturated heterocycles. The van der Waals surface area contributed by atoms with Crippen molar-refractivity contribution in [2.75, 3.05) is 26.0 Å². The highest BCUT2D eigenvalue weighted by atomic mass is 35.5. The van der Waals surface area contributed by atoms with E-state index in [1.54, 1.807) is 12.1 Å². The second-order valence-electron chi connectivity index (χ2n) is 6.89. The van der Waals surface area contributed by atoms with Crippen molar-refractivity contribution in [3.63, 3.8) is 0 Å². The fourth-order valence-corrected chi connectivity index (χ4v) is 4.46. The third-order valence-corrected chi connectivity index (χ3v) is 6.79. The van der Waals surface area contributed by atoms with Crippen molar-refractivity contribution in [3.8, 4) is 0 Å². The summed E-state index contributed by atoms with van der Waals surface area (Å²) in [5.41, 5.74) is -0.557. The van der Waals surface area contributed by atoms with Gasteiger partial charge < -0.3 is 5.32 Å². The number of hydrogen-bond donors (Lipinski definition) is 1. The van der Waals surface area contributed by atoms with Crippen molar-refractivity contribution in [1.29, 1.82) is 0 Å². The number of pyridine rings is 1. The molecule has 0 radical (unpaired) electrons. The third kappa shape index (κ3) is 4.43. The van der Waals surface area contributed by atoms with Gasteiger partial charge in [-0.05, 0) is 29.3 Å². The third-order valence-electron chi connectivity index (χ3n) is 4.70. The molecule has 12 heteroatoms. The maximum Gasteiger partial charge on any atom is 0.418 e. The Balaban J connectivity index is 2.00. The molecular weight excluding hydrogens is 445 g/mol. The number of nitrogens with one attached hydrogen (secondary N) is 1. The van der Waals surface area contributed by atoms with Crippen LogP contribution in [0.25, 0.3) is 0 Å². The Labute approximate surface area is 176 Å². The Hall–Kier alpha value is -2.21. The molecule has 0 fully saturated rings. The molecule has 7 nitrogen and oxygen atoms in total. The average molecular weight is 463 g/mol. The van der Waals surface area contributed by atoms with Crippen LogP contribution in [0, 0.1) is 0 Å². The van der Waals surface area contributed by atoms with Crippen molar-refractivity contribution in [2.45, 2.75) is 18.6 Å². The fourth-order valence-electron chi connectivity index (χ4n) is 3.18. The molecule has 0 spiro atoms. The van der Waals surface area contributed by atoms with Gasteiger partial charge in [0.05, 0.1) is 23.4 Å². The summed E-state index contributed by atoms with van der Waals surface area (Å²) in [5.74, 6) is -1.86. The molecule has 0 aliphatic carbocycles. The Morgan fingerprint density at radius 3 is 2.63 bits per heavy atom. The first kappa shape index (κ1) is 22.5. The summed E-state index contributed by atoms with van der Waals surface area (Å²) in [5, 5.41) is 2.58. The zero-order valence-electron chi connectivity index (χ0n) is 15.9. The molecule has 1 aromatic heterocycles. The number of fused-ring (bicyclic) bond motifs is 1. The molecular formula is C18H18ClF3N4O3S. The van der Waals surface area contributed by atoms with E-state index in [2.05, 4.69) is 10.3 Å². The minimum absolute atomic E-state index is 0.0114. The predicted molar refractivity (Wildman–Crippen MR) is 105 cm³/mol. The number of benzene rings is 1. The number of halogens is 4. The van der Waals surface area contributed by atoms with Crippen molar-refractivity contribution in [3.05, 3.63) is 58.4 Å². The lowest BCUT2D eigenvalue weighted by atomic mass is 9.90. The first-order valence-corrected chi connectivity index (χ1v) is 10.5. The Kier molecular flexibility index (Phi) is 6.10. The lowest BCUT2D eigenvalue weighted by molar-refractivity contribution is -0.137. The number of carbonyl (C=O) groups excluding carboxylic acids is 1. The monoisotopic (exact) mass is 462 g/mol. The predicted octanol–water partition coefficient (Wildman–Crippen LogP) is 3.10. The van der Waals surface area contributed by atoms with E-state index in [-0.39, 0.29) is 13.1 Å². The van der Waals surface area contributed by atoms with Crippen LogP contribution >= 0.6 is 11.6 Å². The van der Waals surface area contributed by atoms with Gasteiger partial charge in [0.2, 0.25) is 5.91 Å². The molecule has 2 heterocycles. The van der Waals surface area contributed by atoms with Gasteiger partial charge in [-0.2, -0.15) is 30.2 Å². The molecule has 0 bridgehead atoms. The van der Waals surface area contributed by atoms with E-state index in [1.165, 1.54) is 20.2 Å². The van der Waals surface area contributed by atoms with E-state index in [9.17, 15) is 26.4 Å². The molecule has 1 unspecified atom stereocenters. The number of anilines is 1. The molecule has 162 valence electrons. The molecule has 30 heavy (non-hydrogen) atoms. The topological polar surface area (TPSA) is 82.6 Å². The zero-order valence-corrected chi connectivity index (χ0v) is 17.5. The summed E-state index contributed by atoms with van der Waals surface area (Å²) in [4.78, 5) is 16.6. The van der Waals surface area contributed by atoms with Gasteiger partial charge in [0.15, 0.2) is 0 Å². The zero-order chi connectivity index (χ0) is 22.3. The van der Waals surface area contributed by atoms with Gasteiger partial charge in [0.1, 0.15) is 0 Å². The summed E-state index contributed by atoms with van der Waals surface area (Å²) >= 11 is 6.04. The molecule has 2 aromatic rings. The largest absolute Gasteiger partial charge is 0.418 e. The number of hydrogen-bond acceptors (Lipinski definition) is 4. The van der Waals surface area contributed by atoms with Gasteiger partial charge in [0.25, 0.3) is 10.2 Å². The molecule has 1 aromatic carbocycles. The van der Waals surface area contributed by atoms with Crippen molar-refractivity contribution in [1.82, 2.24) is 13.6 Å². The molecule has 1 atom stereocenters. The SMILES string of the molecule is CN(C)S(=O)(=O)N1Cc2ccc(Cl)cc2C(C(=O)Nc2cnccc2C(F)(F)F)C1. The second-order valence-corrected chi connectivity index (χ2v) is 9.47. The first-order valence-electron chi connectivity index (χ1n) is 8.69. The smallest absolute Gasteiger partial charge is 0.324 e. The second kappa shape index (κ2) is 8.14. The highest BCUT2D eigenvalue weighted by Crippen LogP contribution is 2.36. The molecule has 1 aliphatic rings. The number of amides is 1. The van der Waals surface area contributed by atoms with Crippen molar-refractivity contribution >= 4 is 33.4 Å². The Morgan fingerprint density at radius 1 is 1.30 bits per heavy atom. The standard InChI is InChI=1S/C18H18ClF3N4O3S/c1-25(2)30(28,29)26-9-11-3-4-12(19)7-13(11)14(10-26)17(27)24-16-8-23-6-5-15(16)18(20,21)22/h3-8,14H,9-10H2,1-2H3,(H,24,27). The Morgan fingerprint density at radius 2 is 2.00 bits per heavy atom. The summed E-state index contributed by atoms with van der Waals surface area (Å²) in [6.07, 6.45) is -2.82. The average Bonchev–Trinajstić information content (AvgIpc) is 2.66. The van der Waals surface area contributed by atoms with Crippen molar-refractivity contribution < 1.29 is 26.4 Å². The van der Waals surface area contributed by atoms with Crippen LogP contribution in [0.3, 0.4) is 0 Å². The lowest BCUT2D eigenvalue weighted by Crippen LogP contribution is -2.46. The van der Waals surface area contributed by atoms with Gasteiger partial charge in [-0.25, -0.2) is 0 Å². The summed E-state index contributed by atoms with van der Waals surface area (Å²) < 4.78 is 67.1. The molecule has 1 N–H and O–H groups in total. The van der Waals surface area contributed by atoms with Gasteiger partial charge >= 0.3 is 6.18 Å². The van der Waals surface area contributed by atoms with E-state index < -0.39 is 39.5 Å². The summed E-state index contributed by atoms with van der Waals surface area (Å²) in [6.45, 7) is -0.237. The minimum Gasteiger partial charge on any atom is -0.324 e. The maximum absolute atomic E-state index is 13.3. The molecule has 1 amide bonds. The van der Waals surface area contributed by atoms with Crippen LogP contribution in [0.4, 0.5) is 18.9 Å². The summed E-state index contributed by atoms with van der Waals surface area (Å²) in [6, 6.07) is 5.43. The highest BCUT2D eigenvalue weighted by Gasteiger charge is 2.38. The quantitative estimate of drug-likeness (QED) is 0.757. The Bertz CT molecular complexity index is 1080. The van der Waals surface area contributed by atoms with Gasteiger partial charge in [-0.3, -0.25) is 9.78 Å². The van der Waals surface area contributed by atoms with Gasteiger partial charge in [-0.1, -0.05) is 17.7 Å². The van der Waals surface area contributed by atoms with Crippen LogP contribution < -0.4 is 5.32 Å². The number of alkyl halides is 3. The molecule has 1 aliphatic heterocycles. The number of aromatic nitrogens is 1. The van der Waals surface area contributed by atoms with Crippen LogP contribution in [-0.2, 0) is 27.7 Å². The minimum atomic E-state index is -4.69. The van der Waals surface area contributed by atoms with E-state index in [4.69, 9.17) is 11.6 Å². The van der Waals surface area contributed by atoms with E-state index in [1.807, 2.05) is 0 Å². The normalized spacial score (nSPS) is 17.6. The van der Waals surface area contributed by atoms with E-state index >= 15 is 0 Å². The van der Waals surface area contributed by atoms with Crippen molar-refractivity contribution in [2.24, 2.45) is 0 Å². The first-order chi connectivity index (χ1) is 13.9. The lowest BCUT2D eigenvalue weighted by Gasteiger charge is -2.34. The van der Waals surface area contributed by atoms with E-state index in [0.717, 1.165) is 27.1 Å². The van der Waals surface area contributed by atoms with Crippen LogP contribution in [-0.4, -0.2) is 48.6 Å². The number of rotatable bonds is 4. The summed E-state index contributed by atoms with van der Waals surface area (Å²) in [7, 11) is -1.15. The van der Waals surface area contributed by atoms with Gasteiger partial charge in [-0.15, -0.1) is 0 Å². The van der Waals surface area contributed by atoms with Crippen LogP contribution in [0.5, 0.6) is 0 Å². The number of nitrogens with zero attached hydrogens (tertiary/aromatic N) is 3. The maximum atomic E-state index is 13.3. The van der Waals surface area contributed by atoms with Crippen LogP contribution in [0.15, 0.2) is 36.7 Å². The van der Waals surface area contributed by atoms with Crippen LogP contribution in [0.2, 0.25) is 5.02 Å². The molecule has 0 saturated carbocycles. The number of carbonyl (C=O) groups is 1. The molecule has 3 rings (SSSR count). The van der Waals surface area contributed by atoms with Gasteiger partial charge in [0, 0.05) is 38.4 Å².